The summed E-state index contributed by atoms with van der Waals surface area (Å²) in [6, 6.07) is 3.72. The monoisotopic (exact) mass is 323 g/mol. The average molecular weight is 323 g/mol. The van der Waals surface area contributed by atoms with Crippen molar-refractivity contribution in [2.45, 2.75) is 6.42 Å². The first kappa shape index (κ1) is 14.6. The van der Waals surface area contributed by atoms with Crippen LogP contribution < -0.4 is 5.32 Å². The number of anilines is 1. The maximum Gasteiger partial charge on any atom is 0.301 e. The third-order valence-corrected chi connectivity index (χ3v) is 4.18. The van der Waals surface area contributed by atoms with E-state index in [1.165, 1.54) is 18.0 Å². The number of nitrogens with zero attached hydrogens (tertiary/aromatic N) is 3. The van der Waals surface area contributed by atoms with Crippen molar-refractivity contribution in [3.05, 3.63) is 48.1 Å². The van der Waals surface area contributed by atoms with Crippen molar-refractivity contribution < 1.29 is 9.21 Å². The van der Waals surface area contributed by atoms with Gasteiger partial charge in [-0.25, -0.2) is 4.98 Å². The number of oxazole rings is 1. The summed E-state index contributed by atoms with van der Waals surface area (Å²) in [4.78, 5) is 26.1. The Bertz CT molecular complexity index is 865. The highest BCUT2D eigenvalue weighted by molar-refractivity contribution is 6.02. The van der Waals surface area contributed by atoms with Crippen molar-refractivity contribution >= 4 is 17.5 Å². The Morgan fingerprint density at radius 3 is 3.04 bits per heavy atom. The van der Waals surface area contributed by atoms with Crippen LogP contribution in [0.1, 0.15) is 22.5 Å². The van der Waals surface area contributed by atoms with Crippen molar-refractivity contribution in [2.75, 3.05) is 25.5 Å². The first-order valence-corrected chi connectivity index (χ1v) is 7.77. The second kappa shape index (κ2) is 5.93. The Hall–Kier alpha value is -2.93. The Morgan fingerprint density at radius 2 is 2.29 bits per heavy atom. The van der Waals surface area contributed by atoms with E-state index in [4.69, 9.17) is 4.42 Å². The van der Waals surface area contributed by atoms with E-state index in [0.717, 1.165) is 36.5 Å². The fourth-order valence-electron chi connectivity index (χ4n) is 2.84. The highest BCUT2D eigenvalue weighted by atomic mass is 16.4. The lowest BCUT2D eigenvalue weighted by molar-refractivity contribution is 0.101. The summed E-state index contributed by atoms with van der Waals surface area (Å²) in [7, 11) is 2.10. The minimum Gasteiger partial charge on any atom is -0.432 e. The fraction of sp³-hybridized carbons (Fsp3) is 0.235. The summed E-state index contributed by atoms with van der Waals surface area (Å²) < 4.78 is 5.04. The number of hydrogen-bond donors (Lipinski definition) is 2. The lowest BCUT2D eigenvalue weighted by atomic mass is 9.99. The van der Waals surface area contributed by atoms with Crippen molar-refractivity contribution in [1.29, 1.82) is 0 Å². The number of amides is 1. The summed E-state index contributed by atoms with van der Waals surface area (Å²) in [5.74, 6) is -0.302. The minimum atomic E-state index is -0.302. The Morgan fingerprint density at radius 1 is 1.38 bits per heavy atom. The van der Waals surface area contributed by atoms with Crippen LogP contribution in [0.25, 0.3) is 17.0 Å². The van der Waals surface area contributed by atoms with Gasteiger partial charge in [0, 0.05) is 24.8 Å². The Labute approximate surface area is 138 Å². The average Bonchev–Trinajstić information content (AvgIpc) is 3.24. The lowest BCUT2D eigenvalue weighted by Crippen LogP contribution is -2.23. The number of aromatic nitrogens is 3. The van der Waals surface area contributed by atoms with Gasteiger partial charge < -0.3 is 14.3 Å². The van der Waals surface area contributed by atoms with Gasteiger partial charge in [-0.1, -0.05) is 6.08 Å². The molecule has 0 atom stereocenters. The molecule has 3 aliphatic heterocycles. The number of rotatable bonds is 3. The van der Waals surface area contributed by atoms with Gasteiger partial charge in [-0.15, -0.1) is 0 Å². The highest BCUT2D eigenvalue weighted by Gasteiger charge is 2.20. The molecule has 4 rings (SSSR count). The number of fused-ring (bicyclic) bond motifs is 1. The van der Waals surface area contributed by atoms with Crippen LogP contribution >= 0.6 is 0 Å². The van der Waals surface area contributed by atoms with Crippen LogP contribution in [0.2, 0.25) is 0 Å². The first-order chi connectivity index (χ1) is 11.7. The molecule has 0 radical (unpaired) electrons. The molecule has 0 fully saturated rings. The topological polar surface area (TPSA) is 87.1 Å². The molecule has 0 unspecified atom stereocenters. The zero-order valence-corrected chi connectivity index (χ0v) is 13.2. The number of carbonyl (C=O) groups excluding carboxylic acids is 1. The van der Waals surface area contributed by atoms with Gasteiger partial charge in [-0.2, -0.15) is 0 Å². The molecule has 4 heterocycles. The molecule has 7 heteroatoms. The molecule has 0 bridgehead atoms. The first-order valence-electron chi connectivity index (χ1n) is 7.77. The zero-order valence-electron chi connectivity index (χ0n) is 13.2. The van der Waals surface area contributed by atoms with Gasteiger partial charge in [0.1, 0.15) is 12.0 Å². The predicted octanol–water partition coefficient (Wildman–Crippen LogP) is 2.47. The second-order valence-electron chi connectivity index (χ2n) is 5.84. The van der Waals surface area contributed by atoms with Crippen LogP contribution in [-0.4, -0.2) is 45.9 Å². The quantitative estimate of drug-likeness (QED) is 0.773. The van der Waals surface area contributed by atoms with Crippen LogP contribution in [0.4, 0.5) is 6.01 Å². The van der Waals surface area contributed by atoms with E-state index < -0.39 is 0 Å². The third kappa shape index (κ3) is 2.69. The number of hydrogen-bond acceptors (Lipinski definition) is 5. The van der Waals surface area contributed by atoms with E-state index in [0.29, 0.717) is 5.69 Å². The summed E-state index contributed by atoms with van der Waals surface area (Å²) in [5.41, 5.74) is 4.48. The zero-order chi connectivity index (χ0) is 16.5. The molecular weight excluding hydrogens is 306 g/mol. The molecule has 0 aromatic carbocycles. The van der Waals surface area contributed by atoms with E-state index in [1.807, 2.05) is 12.3 Å². The van der Waals surface area contributed by atoms with E-state index in [2.05, 4.69) is 38.3 Å². The molecule has 0 aliphatic carbocycles. The van der Waals surface area contributed by atoms with Crippen LogP contribution in [0.3, 0.4) is 0 Å². The third-order valence-electron chi connectivity index (χ3n) is 4.18. The van der Waals surface area contributed by atoms with Crippen molar-refractivity contribution in [3.63, 3.8) is 0 Å². The molecule has 1 amide bonds. The van der Waals surface area contributed by atoms with Crippen molar-refractivity contribution in [1.82, 2.24) is 19.9 Å². The summed E-state index contributed by atoms with van der Waals surface area (Å²) in [6.07, 6.45) is 7.95. The number of carbonyl (C=O) groups is 1. The van der Waals surface area contributed by atoms with Crippen LogP contribution in [0.15, 0.2) is 41.3 Å². The molecule has 0 spiro atoms. The van der Waals surface area contributed by atoms with E-state index >= 15 is 0 Å². The highest BCUT2D eigenvalue weighted by Crippen LogP contribution is 2.32. The van der Waals surface area contributed by atoms with Gasteiger partial charge in [0.15, 0.2) is 0 Å². The fourth-order valence-corrected chi connectivity index (χ4v) is 2.84. The van der Waals surface area contributed by atoms with Gasteiger partial charge >= 0.3 is 6.01 Å². The Kier molecular flexibility index (Phi) is 3.62. The molecule has 122 valence electrons. The number of nitrogens with one attached hydrogen (secondary N) is 2. The Balaban J connectivity index is 1.65. The molecular formula is C17H17N5O2. The molecule has 3 aliphatic rings. The van der Waals surface area contributed by atoms with Gasteiger partial charge in [-0.05, 0) is 31.2 Å². The number of likely N-dealkylation sites (N-methyl/N-ethyl adjacent to an activating group) is 1. The van der Waals surface area contributed by atoms with Crippen LogP contribution in [-0.2, 0) is 0 Å². The van der Waals surface area contributed by atoms with Gasteiger partial charge in [-0.3, -0.25) is 15.1 Å². The van der Waals surface area contributed by atoms with E-state index in [1.54, 1.807) is 6.07 Å². The van der Waals surface area contributed by atoms with Crippen LogP contribution in [0, 0.1) is 0 Å². The van der Waals surface area contributed by atoms with E-state index in [9.17, 15) is 4.79 Å². The van der Waals surface area contributed by atoms with Crippen molar-refractivity contribution in [2.24, 2.45) is 0 Å². The molecule has 1 aromatic rings. The summed E-state index contributed by atoms with van der Waals surface area (Å²) in [6.45, 7) is 1.94. The smallest absolute Gasteiger partial charge is 0.301 e. The number of pyridine rings is 1. The number of aromatic amines is 1. The largest absolute Gasteiger partial charge is 0.432 e. The molecule has 0 saturated carbocycles. The predicted molar refractivity (Wildman–Crippen MR) is 89.8 cm³/mol. The summed E-state index contributed by atoms with van der Waals surface area (Å²) >= 11 is 0. The van der Waals surface area contributed by atoms with Crippen LogP contribution in [0.5, 0.6) is 0 Å². The van der Waals surface area contributed by atoms with Gasteiger partial charge in [0.25, 0.3) is 5.91 Å². The van der Waals surface area contributed by atoms with Crippen molar-refractivity contribution in [3.8, 4) is 11.4 Å². The lowest BCUT2D eigenvalue weighted by Gasteiger charge is -2.22. The second-order valence-corrected chi connectivity index (χ2v) is 5.84. The van der Waals surface area contributed by atoms with Gasteiger partial charge in [0.05, 0.1) is 17.6 Å². The number of H-pyrrole nitrogens is 1. The van der Waals surface area contributed by atoms with E-state index in [-0.39, 0.29) is 11.9 Å². The summed E-state index contributed by atoms with van der Waals surface area (Å²) in [5, 5.41) is 2.61. The maximum absolute atomic E-state index is 12.3. The SMILES string of the molecule is CN1CC=C(c2cnc3ccc(C(=O)Nc4ncco4)[nH]c2-3)CC1. The normalized spacial score (nSPS) is 15.5. The molecule has 0 saturated heterocycles. The molecule has 2 N–H and O–H groups in total. The molecule has 7 nitrogen and oxygen atoms in total. The molecule has 1 aromatic heterocycles. The van der Waals surface area contributed by atoms with Gasteiger partial charge in [0.2, 0.25) is 0 Å². The molecule has 24 heavy (non-hydrogen) atoms. The maximum atomic E-state index is 12.3. The minimum absolute atomic E-state index is 0.173. The standard InChI is InChI=1S/C17H17N5O2/c1-22-7-4-11(5-8-22)12-10-19-13-2-3-14(20-15(12)13)16(23)21-17-18-6-9-24-17/h2-4,6,9-10,20H,5,7-8H2,1H3,(H,18,21,23).